The quantitative estimate of drug-likeness (QED) is 0.209. The number of pyridine rings is 1. The number of nitrogens with one attached hydrogen (secondary N) is 2. The Hall–Kier alpha value is -4.42. The Morgan fingerprint density at radius 2 is 1.84 bits per heavy atom. The molecule has 2 N–H and O–H groups in total. The number of aryl methyl sites for hydroxylation is 1. The normalized spacial score (nSPS) is 15.3. The average molecular weight is 651 g/mol. The first-order valence-corrected chi connectivity index (χ1v) is 16.3. The molecule has 5 rings (SSSR count). The molecule has 0 radical (unpaired) electrons. The fourth-order valence-electron chi connectivity index (χ4n) is 4.77. The molecule has 0 aliphatic carbocycles. The minimum Gasteiger partial charge on any atom is -0.444 e. The van der Waals surface area contributed by atoms with Crippen molar-refractivity contribution in [2.45, 2.75) is 57.1 Å². The van der Waals surface area contributed by atoms with Crippen molar-refractivity contribution in [1.29, 1.82) is 0 Å². The van der Waals surface area contributed by atoms with E-state index in [9.17, 15) is 13.2 Å². The zero-order valence-electron chi connectivity index (χ0n) is 25.5. The summed E-state index contributed by atoms with van der Waals surface area (Å²) in [5.41, 5.74) is 1.69. The van der Waals surface area contributed by atoms with Crippen LogP contribution < -0.4 is 14.8 Å². The number of anilines is 2. The molecule has 3 heterocycles. The number of amides is 1. The van der Waals surface area contributed by atoms with E-state index in [1.54, 1.807) is 59.8 Å². The number of benzene rings is 2. The number of likely N-dealkylation sites (tertiary alicyclic amines) is 1. The Kier molecular flexibility index (Phi) is 9.45. The lowest BCUT2D eigenvalue weighted by atomic mass is 10.1. The van der Waals surface area contributed by atoms with Crippen molar-refractivity contribution in [2.75, 3.05) is 23.1 Å². The number of carbonyl (C=O) groups excluding carboxylic acids is 1. The van der Waals surface area contributed by atoms with Gasteiger partial charge in [-0.1, -0.05) is 29.8 Å². The molecular weight excluding hydrogens is 616 g/mol. The van der Waals surface area contributed by atoms with Gasteiger partial charge in [0, 0.05) is 37.6 Å². The molecule has 11 nitrogen and oxygen atoms in total. The van der Waals surface area contributed by atoms with Gasteiger partial charge in [0.25, 0.3) is 10.0 Å². The highest BCUT2D eigenvalue weighted by Gasteiger charge is 2.28. The summed E-state index contributed by atoms with van der Waals surface area (Å²) >= 11 is 6.13. The molecule has 1 saturated heterocycles. The Bertz CT molecular complexity index is 1800. The van der Waals surface area contributed by atoms with Gasteiger partial charge in [-0.2, -0.15) is 0 Å². The van der Waals surface area contributed by atoms with E-state index < -0.39 is 15.6 Å². The molecule has 1 amide bonds. The van der Waals surface area contributed by atoms with Crippen LogP contribution >= 0.6 is 11.6 Å². The Labute approximate surface area is 268 Å². The number of carbonyl (C=O) groups is 1. The van der Waals surface area contributed by atoms with Crippen LogP contribution in [0, 0.1) is 6.92 Å². The third-order valence-electron chi connectivity index (χ3n) is 6.88. The lowest BCUT2D eigenvalue weighted by molar-refractivity contribution is 0.0206. The Morgan fingerprint density at radius 1 is 1.04 bits per heavy atom. The summed E-state index contributed by atoms with van der Waals surface area (Å²) in [5.74, 6) is 1.10. The molecule has 1 aliphatic rings. The molecule has 0 saturated carbocycles. The van der Waals surface area contributed by atoms with E-state index >= 15 is 0 Å². The van der Waals surface area contributed by atoms with Crippen molar-refractivity contribution in [3.8, 4) is 22.9 Å². The minimum atomic E-state index is -3.94. The van der Waals surface area contributed by atoms with Crippen LogP contribution in [0.2, 0.25) is 5.02 Å². The number of ether oxygens (including phenoxy) is 2. The second kappa shape index (κ2) is 13.3. The average Bonchev–Trinajstić information content (AvgIpc) is 2.98. The van der Waals surface area contributed by atoms with Crippen molar-refractivity contribution >= 4 is 39.4 Å². The number of rotatable bonds is 8. The number of aromatic nitrogens is 3. The summed E-state index contributed by atoms with van der Waals surface area (Å²) in [6.07, 6.45) is 4.59. The van der Waals surface area contributed by atoms with Gasteiger partial charge in [-0.3, -0.25) is 4.72 Å². The van der Waals surface area contributed by atoms with Crippen LogP contribution in [0.4, 0.5) is 16.4 Å². The van der Waals surface area contributed by atoms with Gasteiger partial charge in [-0.25, -0.2) is 28.2 Å². The standard InChI is InChI=1S/C32H35ClN6O5S/c1-21-13-14-22(38-45(41,42)28-12-6-5-11-25(28)33)19-27(21)43-29-24(10-7-16-34-29)26-15-17-35-30(37-26)36-23-9-8-18-39(20-23)31(40)44-32(2,3)4/h5-7,10-17,19,23,38H,8-9,18,20H2,1-4H3,(H,35,36,37)/t23-/m0/s1. The highest BCUT2D eigenvalue weighted by atomic mass is 35.5. The van der Waals surface area contributed by atoms with Gasteiger partial charge in [0.1, 0.15) is 16.2 Å². The molecule has 4 aromatic rings. The van der Waals surface area contributed by atoms with Gasteiger partial charge < -0.3 is 19.7 Å². The van der Waals surface area contributed by atoms with Crippen molar-refractivity contribution in [2.24, 2.45) is 0 Å². The minimum absolute atomic E-state index is 0.0272. The van der Waals surface area contributed by atoms with E-state index in [-0.39, 0.29) is 27.9 Å². The van der Waals surface area contributed by atoms with Gasteiger partial charge >= 0.3 is 6.09 Å². The van der Waals surface area contributed by atoms with E-state index in [1.165, 1.54) is 12.1 Å². The second-order valence-electron chi connectivity index (χ2n) is 11.6. The third-order valence-corrected chi connectivity index (χ3v) is 8.76. The van der Waals surface area contributed by atoms with Crippen molar-refractivity contribution in [3.63, 3.8) is 0 Å². The molecule has 0 bridgehead atoms. The molecule has 0 spiro atoms. The lowest BCUT2D eigenvalue weighted by Crippen LogP contribution is -2.47. The maximum absolute atomic E-state index is 13.0. The maximum atomic E-state index is 13.0. The van der Waals surface area contributed by atoms with Crippen molar-refractivity contribution in [3.05, 3.63) is 83.6 Å². The molecule has 1 fully saturated rings. The van der Waals surface area contributed by atoms with Gasteiger partial charge in [-0.05, 0) is 82.5 Å². The first kappa shape index (κ1) is 32.0. The summed E-state index contributed by atoms with van der Waals surface area (Å²) in [4.78, 5) is 27.9. The molecular formula is C32H35ClN6O5S. The number of hydrogen-bond donors (Lipinski definition) is 2. The Balaban J connectivity index is 1.33. The molecule has 13 heteroatoms. The van der Waals surface area contributed by atoms with Crippen LogP contribution in [0.3, 0.4) is 0 Å². The number of halogens is 1. The van der Waals surface area contributed by atoms with Gasteiger partial charge in [0.2, 0.25) is 11.8 Å². The van der Waals surface area contributed by atoms with E-state index in [4.69, 9.17) is 26.1 Å². The summed E-state index contributed by atoms with van der Waals surface area (Å²) in [6.45, 7) is 8.50. The van der Waals surface area contributed by atoms with E-state index in [2.05, 4.69) is 20.0 Å². The molecule has 1 atom stereocenters. The summed E-state index contributed by atoms with van der Waals surface area (Å²) in [5, 5.41) is 3.48. The van der Waals surface area contributed by atoms with E-state index in [0.29, 0.717) is 41.7 Å². The summed E-state index contributed by atoms with van der Waals surface area (Å²) < 4.78 is 40.4. The van der Waals surface area contributed by atoms with E-state index in [1.807, 2.05) is 33.8 Å². The maximum Gasteiger partial charge on any atom is 0.410 e. The first-order valence-electron chi connectivity index (χ1n) is 14.5. The zero-order chi connectivity index (χ0) is 32.2. The smallest absolute Gasteiger partial charge is 0.410 e. The topological polar surface area (TPSA) is 136 Å². The number of hydrogen-bond acceptors (Lipinski definition) is 9. The monoisotopic (exact) mass is 650 g/mol. The molecule has 0 unspecified atom stereocenters. The van der Waals surface area contributed by atoms with Crippen LogP contribution in [-0.4, -0.2) is 59.1 Å². The fraction of sp³-hybridized carbons (Fsp3) is 0.312. The molecule has 2 aromatic carbocycles. The molecule has 45 heavy (non-hydrogen) atoms. The SMILES string of the molecule is Cc1ccc(NS(=O)(=O)c2ccccc2Cl)cc1Oc1ncccc1-c1ccnc(N[C@H]2CCCN(C(=O)OC(C)(C)C)C2)n1. The predicted molar refractivity (Wildman–Crippen MR) is 173 cm³/mol. The van der Waals surface area contributed by atoms with Gasteiger partial charge in [0.05, 0.1) is 22.0 Å². The molecule has 236 valence electrons. The van der Waals surface area contributed by atoms with Gasteiger partial charge in [0.15, 0.2) is 0 Å². The molecule has 2 aromatic heterocycles. The van der Waals surface area contributed by atoms with Gasteiger partial charge in [-0.15, -0.1) is 0 Å². The third kappa shape index (κ3) is 8.20. The molecule has 1 aliphatic heterocycles. The Morgan fingerprint density at radius 3 is 2.62 bits per heavy atom. The van der Waals surface area contributed by atoms with Crippen LogP contribution in [0.5, 0.6) is 11.6 Å². The van der Waals surface area contributed by atoms with E-state index in [0.717, 1.165) is 18.4 Å². The van der Waals surface area contributed by atoms with Crippen molar-refractivity contribution < 1.29 is 22.7 Å². The second-order valence-corrected chi connectivity index (χ2v) is 13.7. The van der Waals surface area contributed by atoms with Crippen molar-refractivity contribution in [1.82, 2.24) is 19.9 Å². The summed E-state index contributed by atoms with van der Waals surface area (Å²) in [7, 11) is -3.94. The summed E-state index contributed by atoms with van der Waals surface area (Å²) in [6, 6.07) is 16.5. The van der Waals surface area contributed by atoms with Crippen LogP contribution in [0.1, 0.15) is 39.2 Å². The van der Waals surface area contributed by atoms with Crippen LogP contribution in [-0.2, 0) is 14.8 Å². The lowest BCUT2D eigenvalue weighted by Gasteiger charge is -2.34. The van der Waals surface area contributed by atoms with Crippen LogP contribution in [0.25, 0.3) is 11.3 Å². The zero-order valence-corrected chi connectivity index (χ0v) is 27.0. The highest BCUT2D eigenvalue weighted by molar-refractivity contribution is 7.92. The fourth-order valence-corrected chi connectivity index (χ4v) is 6.34. The predicted octanol–water partition coefficient (Wildman–Crippen LogP) is 6.90. The van der Waals surface area contributed by atoms with Crippen LogP contribution in [0.15, 0.2) is 78.0 Å². The first-order chi connectivity index (χ1) is 21.4. The number of sulfonamides is 1. The number of piperidine rings is 1. The highest BCUT2D eigenvalue weighted by Crippen LogP contribution is 2.34. The number of nitrogens with zero attached hydrogens (tertiary/aromatic N) is 4. The largest absolute Gasteiger partial charge is 0.444 e.